The largest absolute Gasteiger partial charge is 0.423 e. The van der Waals surface area contributed by atoms with E-state index in [0.717, 1.165) is 38.5 Å². The van der Waals surface area contributed by atoms with E-state index in [1.165, 1.54) is 0 Å². The van der Waals surface area contributed by atoms with Gasteiger partial charge in [0.15, 0.2) is 11.5 Å². The van der Waals surface area contributed by atoms with Crippen LogP contribution < -0.4 is 9.47 Å². The molecule has 0 unspecified atom stereocenters. The maximum absolute atomic E-state index is 12.1. The molecule has 128 valence electrons. The van der Waals surface area contributed by atoms with Gasteiger partial charge in [-0.3, -0.25) is 9.59 Å². The average Bonchev–Trinajstić information content (AvgIpc) is 2.54. The van der Waals surface area contributed by atoms with Crippen molar-refractivity contribution in [2.45, 2.75) is 65.7 Å². The number of carbonyl (C=O) groups excluding carboxylic acids is 2. The van der Waals surface area contributed by atoms with E-state index < -0.39 is 0 Å². The van der Waals surface area contributed by atoms with Crippen LogP contribution in [0.4, 0.5) is 0 Å². The second-order valence-corrected chi connectivity index (χ2v) is 5.67. The molecule has 0 amide bonds. The van der Waals surface area contributed by atoms with Crippen LogP contribution in [0.25, 0.3) is 0 Å². The maximum atomic E-state index is 12.1. The molecular weight excluding hydrogens is 292 g/mol. The number of esters is 2. The molecule has 0 aliphatic rings. The van der Waals surface area contributed by atoms with Crippen LogP contribution in [-0.4, -0.2) is 11.9 Å². The Bertz CT molecular complexity index is 492. The Morgan fingerprint density at radius 1 is 0.913 bits per heavy atom. The number of ether oxygens (including phenoxy) is 2. The zero-order valence-corrected chi connectivity index (χ0v) is 14.5. The summed E-state index contributed by atoms with van der Waals surface area (Å²) in [6.07, 6.45) is 5.94. The van der Waals surface area contributed by atoms with Gasteiger partial charge in [0.05, 0.1) is 5.92 Å². The molecule has 0 N–H and O–H groups in total. The lowest BCUT2D eigenvalue weighted by Crippen LogP contribution is -2.20. The Labute approximate surface area is 139 Å². The molecule has 4 heteroatoms. The zero-order chi connectivity index (χ0) is 17.1. The first-order chi connectivity index (χ1) is 11.1. The highest BCUT2D eigenvalue weighted by atomic mass is 16.6. The first-order valence-corrected chi connectivity index (χ1v) is 8.63. The van der Waals surface area contributed by atoms with Crippen LogP contribution >= 0.6 is 0 Å². The van der Waals surface area contributed by atoms with E-state index in [1.807, 2.05) is 13.8 Å². The van der Waals surface area contributed by atoms with Crippen molar-refractivity contribution in [2.75, 3.05) is 0 Å². The lowest BCUT2D eigenvalue weighted by atomic mass is 10.0. The number of hydrogen-bond acceptors (Lipinski definition) is 4. The zero-order valence-electron chi connectivity index (χ0n) is 14.5. The van der Waals surface area contributed by atoms with E-state index in [0.29, 0.717) is 17.9 Å². The number of benzene rings is 1. The SMILES string of the molecule is CCCCCCC(=O)Oc1ccccc1OC(=O)C(CC)CC. The predicted octanol–water partition coefficient (Wildman–Crippen LogP) is 4.90. The molecule has 23 heavy (non-hydrogen) atoms. The van der Waals surface area contributed by atoms with Crippen molar-refractivity contribution in [3.05, 3.63) is 24.3 Å². The number of unbranched alkanes of at least 4 members (excludes halogenated alkanes) is 3. The van der Waals surface area contributed by atoms with Gasteiger partial charge < -0.3 is 9.47 Å². The third-order valence-electron chi connectivity index (χ3n) is 3.84. The summed E-state index contributed by atoms with van der Waals surface area (Å²) >= 11 is 0. The van der Waals surface area contributed by atoms with Crippen molar-refractivity contribution >= 4 is 11.9 Å². The fourth-order valence-corrected chi connectivity index (χ4v) is 2.30. The quantitative estimate of drug-likeness (QED) is 0.349. The number of para-hydroxylation sites is 2. The van der Waals surface area contributed by atoms with Gasteiger partial charge in [-0.25, -0.2) is 0 Å². The monoisotopic (exact) mass is 320 g/mol. The van der Waals surface area contributed by atoms with Gasteiger partial charge in [0, 0.05) is 6.42 Å². The topological polar surface area (TPSA) is 52.6 Å². The van der Waals surface area contributed by atoms with Crippen LogP contribution in [0.5, 0.6) is 11.5 Å². The van der Waals surface area contributed by atoms with Crippen molar-refractivity contribution in [1.82, 2.24) is 0 Å². The third-order valence-corrected chi connectivity index (χ3v) is 3.84. The minimum absolute atomic E-state index is 0.132. The van der Waals surface area contributed by atoms with Crippen molar-refractivity contribution in [3.63, 3.8) is 0 Å². The molecule has 0 atom stereocenters. The Kier molecular flexibility index (Phi) is 9.03. The van der Waals surface area contributed by atoms with Crippen LogP contribution in [0.1, 0.15) is 65.7 Å². The van der Waals surface area contributed by atoms with Gasteiger partial charge in [0.1, 0.15) is 0 Å². The number of rotatable bonds is 10. The van der Waals surface area contributed by atoms with E-state index in [4.69, 9.17) is 9.47 Å². The Hall–Kier alpha value is -1.84. The summed E-state index contributed by atoms with van der Waals surface area (Å²) in [5.41, 5.74) is 0. The molecule has 0 saturated heterocycles. The molecule has 1 rings (SSSR count). The molecule has 0 aliphatic carbocycles. The Morgan fingerprint density at radius 2 is 1.52 bits per heavy atom. The summed E-state index contributed by atoms with van der Waals surface area (Å²) in [5, 5.41) is 0. The number of carbonyl (C=O) groups is 2. The summed E-state index contributed by atoms with van der Waals surface area (Å²) in [5.74, 6) is -0.0695. The van der Waals surface area contributed by atoms with Crippen LogP contribution in [0, 0.1) is 5.92 Å². The molecule has 0 saturated carbocycles. The molecule has 1 aromatic carbocycles. The smallest absolute Gasteiger partial charge is 0.314 e. The third kappa shape index (κ3) is 6.85. The summed E-state index contributed by atoms with van der Waals surface area (Å²) in [6.45, 7) is 6.04. The van der Waals surface area contributed by atoms with Gasteiger partial charge in [-0.1, -0.05) is 52.2 Å². The second kappa shape index (κ2) is 10.8. The van der Waals surface area contributed by atoms with Gasteiger partial charge in [-0.05, 0) is 31.4 Å². The normalized spacial score (nSPS) is 10.6. The van der Waals surface area contributed by atoms with E-state index in [2.05, 4.69) is 6.92 Å². The summed E-state index contributed by atoms with van der Waals surface area (Å²) < 4.78 is 10.8. The molecule has 0 fully saturated rings. The summed E-state index contributed by atoms with van der Waals surface area (Å²) in [6, 6.07) is 6.82. The molecule has 0 aromatic heterocycles. The standard InChI is InChI=1S/C19H28O4/c1-4-7-8-9-14-18(20)22-16-12-10-11-13-17(16)23-19(21)15(5-2)6-3/h10-13,15H,4-9,14H2,1-3H3. The van der Waals surface area contributed by atoms with E-state index in [-0.39, 0.29) is 17.9 Å². The molecule has 0 aliphatic heterocycles. The highest BCUT2D eigenvalue weighted by Crippen LogP contribution is 2.28. The Balaban J connectivity index is 2.63. The minimum atomic E-state index is -0.285. The number of hydrogen-bond donors (Lipinski definition) is 0. The highest BCUT2D eigenvalue weighted by molar-refractivity contribution is 5.77. The van der Waals surface area contributed by atoms with Crippen LogP contribution in [0.15, 0.2) is 24.3 Å². The average molecular weight is 320 g/mol. The van der Waals surface area contributed by atoms with Crippen LogP contribution in [0.3, 0.4) is 0 Å². The van der Waals surface area contributed by atoms with Crippen LogP contribution in [-0.2, 0) is 9.59 Å². The molecule has 0 radical (unpaired) electrons. The van der Waals surface area contributed by atoms with Gasteiger partial charge in [0.25, 0.3) is 0 Å². The van der Waals surface area contributed by atoms with Crippen molar-refractivity contribution < 1.29 is 19.1 Å². The van der Waals surface area contributed by atoms with Gasteiger partial charge >= 0.3 is 11.9 Å². The highest BCUT2D eigenvalue weighted by Gasteiger charge is 2.19. The van der Waals surface area contributed by atoms with E-state index >= 15 is 0 Å². The van der Waals surface area contributed by atoms with Crippen molar-refractivity contribution in [1.29, 1.82) is 0 Å². The second-order valence-electron chi connectivity index (χ2n) is 5.67. The van der Waals surface area contributed by atoms with Crippen LogP contribution in [0.2, 0.25) is 0 Å². The first kappa shape index (κ1) is 19.2. The molecule has 0 bridgehead atoms. The fourth-order valence-electron chi connectivity index (χ4n) is 2.30. The van der Waals surface area contributed by atoms with Crippen molar-refractivity contribution in [2.24, 2.45) is 5.92 Å². The fraction of sp³-hybridized carbons (Fsp3) is 0.579. The van der Waals surface area contributed by atoms with E-state index in [9.17, 15) is 9.59 Å². The van der Waals surface area contributed by atoms with Gasteiger partial charge in [-0.2, -0.15) is 0 Å². The lowest BCUT2D eigenvalue weighted by Gasteiger charge is -2.14. The molecule has 0 spiro atoms. The minimum Gasteiger partial charge on any atom is -0.423 e. The predicted molar refractivity (Wildman–Crippen MR) is 90.5 cm³/mol. The maximum Gasteiger partial charge on any atom is 0.314 e. The van der Waals surface area contributed by atoms with E-state index in [1.54, 1.807) is 24.3 Å². The molecule has 1 aromatic rings. The summed E-state index contributed by atoms with van der Waals surface area (Å²) in [7, 11) is 0. The van der Waals surface area contributed by atoms with Gasteiger partial charge in [0.2, 0.25) is 0 Å². The molecular formula is C19H28O4. The van der Waals surface area contributed by atoms with Gasteiger partial charge in [-0.15, -0.1) is 0 Å². The molecule has 0 heterocycles. The first-order valence-electron chi connectivity index (χ1n) is 8.63. The van der Waals surface area contributed by atoms with Crippen molar-refractivity contribution in [3.8, 4) is 11.5 Å². The summed E-state index contributed by atoms with van der Waals surface area (Å²) in [4.78, 5) is 24.0. The molecule has 4 nitrogen and oxygen atoms in total. The Morgan fingerprint density at radius 3 is 2.09 bits per heavy atom. The lowest BCUT2D eigenvalue weighted by molar-refractivity contribution is -0.140.